The third-order valence-electron chi connectivity index (χ3n) is 2.32. The molecule has 1 heterocycles. The van der Waals surface area contributed by atoms with Gasteiger partial charge in [0.25, 0.3) is 0 Å². The van der Waals surface area contributed by atoms with Crippen LogP contribution in [0.3, 0.4) is 0 Å². The van der Waals surface area contributed by atoms with Gasteiger partial charge in [-0.2, -0.15) is 0 Å². The van der Waals surface area contributed by atoms with E-state index in [4.69, 9.17) is 17.3 Å². The quantitative estimate of drug-likeness (QED) is 0.920. The molecule has 0 saturated heterocycles. The second kappa shape index (κ2) is 6.05. The number of aromatic nitrogens is 1. The normalized spacial score (nSPS) is 10.5. The summed E-state index contributed by atoms with van der Waals surface area (Å²) in [5.41, 5.74) is 6.63. The number of rotatable bonds is 4. The Morgan fingerprint density at radius 1 is 1.12 bits per heavy atom. The largest absolute Gasteiger partial charge is 0.330 e. The van der Waals surface area contributed by atoms with Crippen molar-refractivity contribution in [3.8, 4) is 0 Å². The first-order chi connectivity index (χ1) is 8.29. The van der Waals surface area contributed by atoms with Crippen molar-refractivity contribution in [1.82, 2.24) is 4.98 Å². The average molecular weight is 265 g/mol. The van der Waals surface area contributed by atoms with E-state index in [1.54, 1.807) is 24.2 Å². The maximum atomic E-state index is 6.19. The van der Waals surface area contributed by atoms with E-state index in [1.165, 1.54) is 0 Å². The van der Waals surface area contributed by atoms with Gasteiger partial charge in [-0.05, 0) is 42.8 Å². The van der Waals surface area contributed by atoms with Crippen molar-refractivity contribution in [2.45, 2.75) is 16.2 Å². The Hall–Kier alpha value is -1.03. The maximum absolute atomic E-state index is 6.19. The van der Waals surface area contributed by atoms with Crippen LogP contribution in [0, 0.1) is 0 Å². The lowest BCUT2D eigenvalue weighted by molar-refractivity contribution is 0.967. The van der Waals surface area contributed by atoms with E-state index < -0.39 is 0 Å². The number of nitrogens with two attached hydrogens (primary N) is 1. The zero-order chi connectivity index (χ0) is 12.1. The molecule has 0 amide bonds. The number of hydrogen-bond acceptors (Lipinski definition) is 3. The van der Waals surface area contributed by atoms with Crippen molar-refractivity contribution >= 4 is 23.4 Å². The molecule has 0 radical (unpaired) electrons. The lowest BCUT2D eigenvalue weighted by atomic mass is 10.1. The maximum Gasteiger partial charge on any atom is 0.0449 e. The topological polar surface area (TPSA) is 38.9 Å². The van der Waals surface area contributed by atoms with Crippen LogP contribution in [0.2, 0.25) is 5.02 Å². The first kappa shape index (κ1) is 12.4. The fourth-order valence-electron chi connectivity index (χ4n) is 1.49. The molecule has 0 bridgehead atoms. The standard InChI is InChI=1S/C13H13ClN2S/c14-13-9-12(2-1-10(13)3-6-15)17-11-4-7-16-8-5-11/h1-2,4-5,7-9H,3,6,15H2. The highest BCUT2D eigenvalue weighted by atomic mass is 35.5. The number of nitrogens with zero attached hydrogens (tertiary/aromatic N) is 1. The van der Waals surface area contributed by atoms with Gasteiger partial charge in [0.05, 0.1) is 0 Å². The van der Waals surface area contributed by atoms with Gasteiger partial charge in [-0.15, -0.1) is 0 Å². The van der Waals surface area contributed by atoms with E-state index in [2.05, 4.69) is 11.1 Å². The Balaban J connectivity index is 2.15. The summed E-state index contributed by atoms with van der Waals surface area (Å²) in [6.07, 6.45) is 4.39. The SMILES string of the molecule is NCCc1ccc(Sc2ccncc2)cc1Cl. The predicted molar refractivity (Wildman–Crippen MR) is 72.6 cm³/mol. The Morgan fingerprint density at radius 2 is 1.88 bits per heavy atom. The Bertz CT molecular complexity index is 488. The van der Waals surface area contributed by atoms with Gasteiger partial charge in [0.1, 0.15) is 0 Å². The first-order valence-electron chi connectivity index (χ1n) is 5.36. The van der Waals surface area contributed by atoms with Crippen molar-refractivity contribution in [2.24, 2.45) is 5.73 Å². The molecule has 1 aromatic carbocycles. The van der Waals surface area contributed by atoms with Crippen LogP contribution in [-0.4, -0.2) is 11.5 Å². The van der Waals surface area contributed by atoms with Crippen LogP contribution in [0.1, 0.15) is 5.56 Å². The summed E-state index contributed by atoms with van der Waals surface area (Å²) < 4.78 is 0. The monoisotopic (exact) mass is 264 g/mol. The van der Waals surface area contributed by atoms with Gasteiger partial charge in [0, 0.05) is 27.2 Å². The van der Waals surface area contributed by atoms with Crippen LogP contribution in [0.15, 0.2) is 52.5 Å². The van der Waals surface area contributed by atoms with E-state index in [0.717, 1.165) is 26.8 Å². The molecule has 2 aromatic rings. The molecule has 0 saturated carbocycles. The third-order valence-corrected chi connectivity index (χ3v) is 3.67. The molecule has 0 unspecified atom stereocenters. The van der Waals surface area contributed by atoms with Crippen molar-refractivity contribution in [1.29, 1.82) is 0 Å². The molecule has 1 aromatic heterocycles. The molecular formula is C13H13ClN2S. The minimum Gasteiger partial charge on any atom is -0.330 e. The summed E-state index contributed by atoms with van der Waals surface area (Å²) in [6.45, 7) is 0.622. The fraction of sp³-hybridized carbons (Fsp3) is 0.154. The van der Waals surface area contributed by atoms with Gasteiger partial charge in [0.2, 0.25) is 0 Å². The van der Waals surface area contributed by atoms with Gasteiger partial charge < -0.3 is 5.73 Å². The van der Waals surface area contributed by atoms with Gasteiger partial charge in [-0.1, -0.05) is 29.4 Å². The summed E-state index contributed by atoms with van der Waals surface area (Å²) in [4.78, 5) is 6.27. The first-order valence-corrected chi connectivity index (χ1v) is 6.55. The highest BCUT2D eigenvalue weighted by Crippen LogP contribution is 2.30. The molecule has 0 atom stereocenters. The van der Waals surface area contributed by atoms with Crippen molar-refractivity contribution in [3.05, 3.63) is 53.3 Å². The van der Waals surface area contributed by atoms with Crippen LogP contribution < -0.4 is 5.73 Å². The minimum atomic E-state index is 0.622. The summed E-state index contributed by atoms with van der Waals surface area (Å²) in [7, 11) is 0. The van der Waals surface area contributed by atoms with Gasteiger partial charge in [-0.25, -0.2) is 0 Å². The smallest absolute Gasteiger partial charge is 0.0449 e. The van der Waals surface area contributed by atoms with E-state index in [0.29, 0.717) is 6.54 Å². The van der Waals surface area contributed by atoms with Crippen LogP contribution in [0.25, 0.3) is 0 Å². The summed E-state index contributed by atoms with van der Waals surface area (Å²) >= 11 is 7.87. The van der Waals surface area contributed by atoms with Crippen molar-refractivity contribution in [2.75, 3.05) is 6.54 Å². The Labute approximate surface area is 110 Å². The Kier molecular flexibility index (Phi) is 4.42. The second-order valence-corrected chi connectivity index (χ2v) is 5.13. The second-order valence-electron chi connectivity index (χ2n) is 3.58. The van der Waals surface area contributed by atoms with Gasteiger partial charge >= 0.3 is 0 Å². The van der Waals surface area contributed by atoms with E-state index in [9.17, 15) is 0 Å². The predicted octanol–water partition coefficient (Wildman–Crippen LogP) is 3.39. The summed E-state index contributed by atoms with van der Waals surface area (Å²) in [6, 6.07) is 10.1. The molecule has 0 fully saturated rings. The molecule has 2 rings (SSSR count). The highest BCUT2D eigenvalue weighted by molar-refractivity contribution is 7.99. The van der Waals surface area contributed by atoms with Gasteiger partial charge in [0.15, 0.2) is 0 Å². The molecule has 0 aliphatic carbocycles. The lowest BCUT2D eigenvalue weighted by Gasteiger charge is -2.06. The number of benzene rings is 1. The fourth-order valence-corrected chi connectivity index (χ4v) is 2.67. The van der Waals surface area contributed by atoms with E-state index in [1.807, 2.05) is 24.3 Å². The van der Waals surface area contributed by atoms with Crippen LogP contribution in [0.4, 0.5) is 0 Å². The number of hydrogen-bond donors (Lipinski definition) is 1. The molecule has 2 nitrogen and oxygen atoms in total. The summed E-state index contributed by atoms with van der Waals surface area (Å²) in [5.74, 6) is 0. The zero-order valence-electron chi connectivity index (χ0n) is 9.27. The molecule has 17 heavy (non-hydrogen) atoms. The van der Waals surface area contributed by atoms with Crippen LogP contribution in [-0.2, 0) is 6.42 Å². The van der Waals surface area contributed by atoms with Crippen LogP contribution in [0.5, 0.6) is 0 Å². The molecule has 2 N–H and O–H groups in total. The average Bonchev–Trinajstić information content (AvgIpc) is 2.34. The lowest BCUT2D eigenvalue weighted by Crippen LogP contribution is -2.02. The summed E-state index contributed by atoms with van der Waals surface area (Å²) in [5, 5.41) is 0.787. The molecule has 0 aliphatic rings. The van der Waals surface area contributed by atoms with Crippen LogP contribution >= 0.6 is 23.4 Å². The Morgan fingerprint density at radius 3 is 2.53 bits per heavy atom. The van der Waals surface area contributed by atoms with Crippen molar-refractivity contribution < 1.29 is 0 Å². The zero-order valence-corrected chi connectivity index (χ0v) is 10.8. The highest BCUT2D eigenvalue weighted by Gasteiger charge is 2.02. The molecule has 0 spiro atoms. The van der Waals surface area contributed by atoms with E-state index >= 15 is 0 Å². The number of halogens is 1. The van der Waals surface area contributed by atoms with Crippen molar-refractivity contribution in [3.63, 3.8) is 0 Å². The molecular weight excluding hydrogens is 252 g/mol. The number of pyridine rings is 1. The molecule has 0 aliphatic heterocycles. The van der Waals surface area contributed by atoms with E-state index in [-0.39, 0.29) is 0 Å². The van der Waals surface area contributed by atoms with Gasteiger partial charge in [-0.3, -0.25) is 4.98 Å². The third kappa shape index (κ3) is 3.46. The minimum absolute atomic E-state index is 0.622. The molecule has 4 heteroatoms. The molecule has 88 valence electrons.